The zero-order valence-electron chi connectivity index (χ0n) is 7.57. The Bertz CT molecular complexity index is 528. The molecule has 1 aromatic heterocycles. The average molecular weight is 219 g/mol. The number of hydrogen-bond acceptors (Lipinski definition) is 4. The van der Waals surface area contributed by atoms with Crippen molar-refractivity contribution >= 4 is 17.0 Å². The molecule has 0 aliphatic heterocycles. The molecule has 0 bridgehead atoms. The van der Waals surface area contributed by atoms with Gasteiger partial charge in [-0.1, -0.05) is 0 Å². The molecular weight excluding hydrogens is 213 g/mol. The number of rotatable bonds is 1. The maximum Gasteiger partial charge on any atom is 0.141 e. The summed E-state index contributed by atoms with van der Waals surface area (Å²) in [6.07, 6.45) is 0. The Labute approximate surface area is 89.6 Å². The van der Waals surface area contributed by atoms with Crippen LogP contribution in [-0.2, 0) is 0 Å². The molecular formula is C10H6FN3S. The van der Waals surface area contributed by atoms with Crippen LogP contribution in [0.1, 0.15) is 5.56 Å². The van der Waals surface area contributed by atoms with Gasteiger partial charge in [-0.3, -0.25) is 0 Å². The van der Waals surface area contributed by atoms with Crippen molar-refractivity contribution in [1.29, 1.82) is 5.26 Å². The first-order valence-electron chi connectivity index (χ1n) is 4.10. The van der Waals surface area contributed by atoms with Gasteiger partial charge in [-0.25, -0.2) is 9.37 Å². The van der Waals surface area contributed by atoms with E-state index >= 15 is 0 Å². The molecule has 0 aliphatic rings. The fourth-order valence-corrected chi connectivity index (χ4v) is 1.80. The molecule has 0 spiro atoms. The van der Waals surface area contributed by atoms with Gasteiger partial charge >= 0.3 is 0 Å². The zero-order chi connectivity index (χ0) is 10.8. The minimum atomic E-state index is -0.574. The van der Waals surface area contributed by atoms with E-state index in [2.05, 4.69) is 4.98 Å². The second-order valence-corrected chi connectivity index (χ2v) is 3.62. The predicted octanol–water partition coefficient (Wildman–Crippen LogP) is 2.40. The highest BCUT2D eigenvalue weighted by molar-refractivity contribution is 7.07. The van der Waals surface area contributed by atoms with Gasteiger partial charge in [0.25, 0.3) is 0 Å². The van der Waals surface area contributed by atoms with Crippen molar-refractivity contribution in [2.75, 3.05) is 5.73 Å². The number of aromatic nitrogens is 1. The third-order valence-corrected chi connectivity index (χ3v) is 2.55. The van der Waals surface area contributed by atoms with Crippen LogP contribution in [0.5, 0.6) is 0 Å². The van der Waals surface area contributed by atoms with Crippen LogP contribution in [-0.4, -0.2) is 4.98 Å². The third kappa shape index (κ3) is 1.67. The Morgan fingerprint density at radius 3 is 2.87 bits per heavy atom. The van der Waals surface area contributed by atoms with Gasteiger partial charge in [-0.15, -0.1) is 11.3 Å². The van der Waals surface area contributed by atoms with E-state index in [1.54, 1.807) is 17.0 Å². The lowest BCUT2D eigenvalue weighted by atomic mass is 10.1. The highest BCUT2D eigenvalue weighted by Crippen LogP contribution is 2.27. The molecule has 2 rings (SSSR count). The van der Waals surface area contributed by atoms with Crippen molar-refractivity contribution in [3.63, 3.8) is 0 Å². The molecule has 1 aromatic carbocycles. The van der Waals surface area contributed by atoms with E-state index in [4.69, 9.17) is 11.0 Å². The maximum absolute atomic E-state index is 13.3. The Balaban J connectivity index is 2.61. The van der Waals surface area contributed by atoms with Crippen molar-refractivity contribution in [3.05, 3.63) is 34.4 Å². The standard InChI is InChI=1S/C10H6FN3S/c11-8-2-7(10-4-15-5-14-10)9(13)1-6(8)3-12/h1-2,4-5H,13H2. The second-order valence-electron chi connectivity index (χ2n) is 2.90. The average Bonchev–Trinajstić information content (AvgIpc) is 2.74. The van der Waals surface area contributed by atoms with Gasteiger partial charge in [0.05, 0.1) is 16.8 Å². The highest BCUT2D eigenvalue weighted by Gasteiger charge is 2.10. The summed E-state index contributed by atoms with van der Waals surface area (Å²) in [6.45, 7) is 0. The van der Waals surface area contributed by atoms with Crippen molar-refractivity contribution in [2.24, 2.45) is 0 Å². The molecule has 5 heteroatoms. The Morgan fingerprint density at radius 2 is 2.27 bits per heavy atom. The summed E-state index contributed by atoms with van der Waals surface area (Å²) in [4.78, 5) is 4.03. The van der Waals surface area contributed by atoms with E-state index in [1.807, 2.05) is 0 Å². The fourth-order valence-electron chi connectivity index (χ4n) is 1.24. The molecule has 1 heterocycles. The lowest BCUT2D eigenvalue weighted by molar-refractivity contribution is 0.624. The number of benzene rings is 1. The smallest absolute Gasteiger partial charge is 0.141 e. The molecule has 74 valence electrons. The minimum absolute atomic E-state index is 0.0496. The third-order valence-electron chi connectivity index (χ3n) is 1.97. The number of anilines is 1. The van der Waals surface area contributed by atoms with Gasteiger partial charge in [0.1, 0.15) is 11.9 Å². The summed E-state index contributed by atoms with van der Waals surface area (Å²) in [6, 6.07) is 4.30. The van der Waals surface area contributed by atoms with Crippen LogP contribution in [0, 0.1) is 17.1 Å². The van der Waals surface area contributed by atoms with Crippen molar-refractivity contribution < 1.29 is 4.39 Å². The van der Waals surface area contributed by atoms with E-state index in [9.17, 15) is 4.39 Å². The van der Waals surface area contributed by atoms with E-state index in [0.717, 1.165) is 0 Å². The Morgan fingerprint density at radius 1 is 1.47 bits per heavy atom. The predicted molar refractivity (Wildman–Crippen MR) is 56.6 cm³/mol. The molecule has 0 aliphatic carbocycles. The lowest BCUT2D eigenvalue weighted by Gasteiger charge is -2.03. The van der Waals surface area contributed by atoms with E-state index in [-0.39, 0.29) is 5.56 Å². The molecule has 0 saturated carbocycles. The molecule has 15 heavy (non-hydrogen) atoms. The number of halogens is 1. The quantitative estimate of drug-likeness (QED) is 0.749. The lowest BCUT2D eigenvalue weighted by Crippen LogP contribution is -1.94. The fraction of sp³-hybridized carbons (Fsp3) is 0. The minimum Gasteiger partial charge on any atom is -0.398 e. The molecule has 0 saturated heterocycles. The van der Waals surface area contributed by atoms with Gasteiger partial charge in [0.2, 0.25) is 0 Å². The summed E-state index contributed by atoms with van der Waals surface area (Å²) in [5, 5.41) is 10.4. The molecule has 0 radical (unpaired) electrons. The molecule has 3 nitrogen and oxygen atoms in total. The summed E-state index contributed by atoms with van der Waals surface area (Å²) < 4.78 is 13.3. The summed E-state index contributed by atoms with van der Waals surface area (Å²) in [5.74, 6) is -0.574. The van der Waals surface area contributed by atoms with Gasteiger partial charge in [-0.05, 0) is 12.1 Å². The second kappa shape index (κ2) is 3.67. The maximum atomic E-state index is 13.3. The molecule has 0 fully saturated rings. The van der Waals surface area contributed by atoms with E-state index < -0.39 is 5.82 Å². The van der Waals surface area contributed by atoms with Crippen molar-refractivity contribution in [3.8, 4) is 17.3 Å². The number of nitriles is 1. The van der Waals surface area contributed by atoms with Crippen LogP contribution in [0.15, 0.2) is 23.0 Å². The summed E-state index contributed by atoms with van der Waals surface area (Å²) >= 11 is 1.40. The number of thiazole rings is 1. The molecule has 0 unspecified atom stereocenters. The number of nitrogens with two attached hydrogens (primary N) is 1. The SMILES string of the molecule is N#Cc1cc(N)c(-c2cscn2)cc1F. The first kappa shape index (κ1) is 9.62. The molecule has 0 atom stereocenters. The normalized spacial score (nSPS) is 9.87. The van der Waals surface area contributed by atoms with E-state index in [1.165, 1.54) is 23.5 Å². The zero-order valence-corrected chi connectivity index (χ0v) is 8.38. The first-order chi connectivity index (χ1) is 7.22. The Kier molecular flexibility index (Phi) is 2.35. The number of nitrogen functional groups attached to an aromatic ring is 1. The van der Waals surface area contributed by atoms with Crippen molar-refractivity contribution in [2.45, 2.75) is 0 Å². The largest absolute Gasteiger partial charge is 0.398 e. The topological polar surface area (TPSA) is 62.7 Å². The molecule has 2 aromatic rings. The Hall–Kier alpha value is -1.93. The highest BCUT2D eigenvalue weighted by atomic mass is 32.1. The number of hydrogen-bond donors (Lipinski definition) is 1. The molecule has 0 amide bonds. The summed E-state index contributed by atoms with van der Waals surface area (Å²) in [5.41, 5.74) is 8.81. The van der Waals surface area contributed by atoms with Gasteiger partial charge in [-0.2, -0.15) is 5.26 Å². The number of nitrogens with zero attached hydrogens (tertiary/aromatic N) is 2. The van der Waals surface area contributed by atoms with Crippen LogP contribution >= 0.6 is 11.3 Å². The molecule has 2 N–H and O–H groups in total. The van der Waals surface area contributed by atoms with Crippen LogP contribution in [0.4, 0.5) is 10.1 Å². The monoisotopic (exact) mass is 219 g/mol. The van der Waals surface area contributed by atoms with Crippen LogP contribution < -0.4 is 5.73 Å². The first-order valence-corrected chi connectivity index (χ1v) is 5.04. The van der Waals surface area contributed by atoms with Crippen LogP contribution in [0.2, 0.25) is 0 Å². The van der Waals surface area contributed by atoms with E-state index in [0.29, 0.717) is 16.9 Å². The van der Waals surface area contributed by atoms with Gasteiger partial charge in [0, 0.05) is 16.6 Å². The van der Waals surface area contributed by atoms with Crippen molar-refractivity contribution in [1.82, 2.24) is 4.98 Å². The van der Waals surface area contributed by atoms with Crippen LogP contribution in [0.25, 0.3) is 11.3 Å². The van der Waals surface area contributed by atoms with Crippen LogP contribution in [0.3, 0.4) is 0 Å². The van der Waals surface area contributed by atoms with Gasteiger partial charge in [0.15, 0.2) is 0 Å². The summed E-state index contributed by atoms with van der Waals surface area (Å²) in [7, 11) is 0. The van der Waals surface area contributed by atoms with Gasteiger partial charge < -0.3 is 5.73 Å².